The number of rotatable bonds is 7. The third-order valence-electron chi connectivity index (χ3n) is 3.28. The molecule has 1 heterocycles. The summed E-state index contributed by atoms with van der Waals surface area (Å²) in [6.07, 6.45) is 2.04. The van der Waals surface area contributed by atoms with E-state index in [1.54, 1.807) is 6.07 Å². The van der Waals surface area contributed by atoms with Gasteiger partial charge in [-0.25, -0.2) is 9.78 Å². The van der Waals surface area contributed by atoms with E-state index >= 15 is 0 Å². The zero-order valence-electron chi connectivity index (χ0n) is 12.5. The highest BCUT2D eigenvalue weighted by molar-refractivity contribution is 5.98. The van der Waals surface area contributed by atoms with Crippen LogP contribution in [0.3, 0.4) is 0 Å². The number of benzene rings is 1. The fourth-order valence-electron chi connectivity index (χ4n) is 2.17. The molecule has 2 N–H and O–H groups in total. The number of pyridine rings is 1. The van der Waals surface area contributed by atoms with Crippen molar-refractivity contribution in [3.8, 4) is 0 Å². The zero-order chi connectivity index (χ0) is 15.2. The number of carbonyl (C=O) groups is 1. The number of carboxylic acids is 1. The molecule has 2 aromatic rings. The van der Waals surface area contributed by atoms with Gasteiger partial charge in [0.2, 0.25) is 0 Å². The number of anilines is 1. The van der Waals surface area contributed by atoms with Crippen molar-refractivity contribution in [1.82, 2.24) is 9.88 Å². The predicted octanol–water partition coefficient (Wildman–Crippen LogP) is 2.69. The Kier molecular flexibility index (Phi) is 5.11. The monoisotopic (exact) mass is 287 g/mol. The molecular formula is C16H21N3O2. The Morgan fingerprint density at radius 3 is 2.76 bits per heavy atom. The third-order valence-corrected chi connectivity index (χ3v) is 3.28. The lowest BCUT2D eigenvalue weighted by Gasteiger charge is -2.11. The van der Waals surface area contributed by atoms with E-state index in [4.69, 9.17) is 0 Å². The number of aromatic carboxylic acids is 1. The Labute approximate surface area is 124 Å². The van der Waals surface area contributed by atoms with Gasteiger partial charge < -0.3 is 15.3 Å². The SMILES string of the molecule is CN(C)CCCCNc1nc2ccccc2cc1C(=O)O. The van der Waals surface area contributed by atoms with Crippen LogP contribution >= 0.6 is 0 Å². The molecule has 0 amide bonds. The van der Waals surface area contributed by atoms with Gasteiger partial charge in [0.1, 0.15) is 11.4 Å². The van der Waals surface area contributed by atoms with Crippen LogP contribution in [0.15, 0.2) is 30.3 Å². The van der Waals surface area contributed by atoms with Crippen LogP contribution in [0.25, 0.3) is 10.9 Å². The molecule has 0 aliphatic carbocycles. The Morgan fingerprint density at radius 2 is 2.05 bits per heavy atom. The molecule has 0 saturated heterocycles. The summed E-state index contributed by atoms with van der Waals surface area (Å²) >= 11 is 0. The molecular weight excluding hydrogens is 266 g/mol. The summed E-state index contributed by atoms with van der Waals surface area (Å²) in [5, 5.41) is 13.3. The number of nitrogens with one attached hydrogen (secondary N) is 1. The van der Waals surface area contributed by atoms with Crippen LogP contribution in [0, 0.1) is 0 Å². The average molecular weight is 287 g/mol. The lowest BCUT2D eigenvalue weighted by atomic mass is 10.1. The second kappa shape index (κ2) is 7.04. The largest absolute Gasteiger partial charge is 0.478 e. The van der Waals surface area contributed by atoms with Crippen LogP contribution in [0.2, 0.25) is 0 Å². The maximum atomic E-state index is 11.4. The van der Waals surface area contributed by atoms with Crippen LogP contribution in [-0.2, 0) is 0 Å². The lowest BCUT2D eigenvalue weighted by molar-refractivity contribution is 0.0698. The molecule has 5 heteroatoms. The van der Waals surface area contributed by atoms with Gasteiger partial charge in [-0.3, -0.25) is 0 Å². The molecule has 0 bridgehead atoms. The van der Waals surface area contributed by atoms with Crippen molar-refractivity contribution in [2.45, 2.75) is 12.8 Å². The molecule has 0 saturated carbocycles. The molecule has 0 atom stereocenters. The number of unbranched alkanes of at least 4 members (excludes halogenated alkanes) is 1. The zero-order valence-corrected chi connectivity index (χ0v) is 12.5. The summed E-state index contributed by atoms with van der Waals surface area (Å²) in [5.41, 5.74) is 1.03. The first-order valence-electron chi connectivity index (χ1n) is 7.09. The number of hydrogen-bond acceptors (Lipinski definition) is 4. The van der Waals surface area contributed by atoms with E-state index < -0.39 is 5.97 Å². The second-order valence-electron chi connectivity index (χ2n) is 5.32. The number of hydrogen-bond donors (Lipinski definition) is 2. The number of para-hydroxylation sites is 1. The highest BCUT2D eigenvalue weighted by Gasteiger charge is 2.12. The Hall–Kier alpha value is -2.14. The van der Waals surface area contributed by atoms with E-state index in [0.717, 1.165) is 36.8 Å². The van der Waals surface area contributed by atoms with Crippen LogP contribution in [-0.4, -0.2) is 48.1 Å². The third kappa shape index (κ3) is 4.16. The van der Waals surface area contributed by atoms with Crippen molar-refractivity contribution in [3.63, 3.8) is 0 Å². The van der Waals surface area contributed by atoms with Gasteiger partial charge >= 0.3 is 5.97 Å². The minimum atomic E-state index is -0.955. The van der Waals surface area contributed by atoms with Crippen molar-refractivity contribution < 1.29 is 9.90 Å². The first kappa shape index (κ1) is 15.3. The summed E-state index contributed by atoms with van der Waals surface area (Å²) in [7, 11) is 4.09. The van der Waals surface area contributed by atoms with E-state index in [1.165, 1.54) is 0 Å². The van der Waals surface area contributed by atoms with Gasteiger partial charge in [-0.1, -0.05) is 18.2 Å². The first-order valence-corrected chi connectivity index (χ1v) is 7.09. The summed E-state index contributed by atoms with van der Waals surface area (Å²) < 4.78 is 0. The van der Waals surface area contributed by atoms with Gasteiger partial charge in [-0.2, -0.15) is 0 Å². The van der Waals surface area contributed by atoms with E-state index in [1.807, 2.05) is 38.4 Å². The summed E-state index contributed by atoms with van der Waals surface area (Å²) in [6, 6.07) is 9.21. The van der Waals surface area contributed by atoms with Crippen LogP contribution in [0.1, 0.15) is 23.2 Å². The minimum absolute atomic E-state index is 0.223. The molecule has 5 nitrogen and oxygen atoms in total. The second-order valence-corrected chi connectivity index (χ2v) is 5.32. The Bertz CT molecular complexity index is 626. The standard InChI is InChI=1S/C16H21N3O2/c1-19(2)10-6-5-9-17-15-13(16(20)21)11-12-7-3-4-8-14(12)18-15/h3-4,7-8,11H,5-6,9-10H2,1-2H3,(H,17,18)(H,20,21). The Morgan fingerprint density at radius 1 is 1.29 bits per heavy atom. The van der Waals surface area contributed by atoms with Gasteiger partial charge in [0.05, 0.1) is 5.52 Å². The number of fused-ring (bicyclic) bond motifs is 1. The molecule has 1 aromatic carbocycles. The Balaban J connectivity index is 2.10. The molecule has 21 heavy (non-hydrogen) atoms. The average Bonchev–Trinajstić information content (AvgIpc) is 2.45. The highest BCUT2D eigenvalue weighted by Crippen LogP contribution is 2.20. The summed E-state index contributed by atoms with van der Waals surface area (Å²) in [6.45, 7) is 1.75. The van der Waals surface area contributed by atoms with Crippen molar-refractivity contribution >= 4 is 22.7 Å². The van der Waals surface area contributed by atoms with Crippen molar-refractivity contribution in [3.05, 3.63) is 35.9 Å². The maximum absolute atomic E-state index is 11.4. The molecule has 0 spiro atoms. The van der Waals surface area contributed by atoms with E-state index in [2.05, 4.69) is 15.2 Å². The van der Waals surface area contributed by atoms with Gasteiger partial charge in [-0.05, 0) is 45.6 Å². The van der Waals surface area contributed by atoms with Crippen molar-refractivity contribution in [2.75, 3.05) is 32.5 Å². The molecule has 2 rings (SSSR count). The van der Waals surface area contributed by atoms with Gasteiger partial charge in [0.25, 0.3) is 0 Å². The number of aromatic nitrogens is 1. The molecule has 0 aliphatic rings. The van der Waals surface area contributed by atoms with E-state index in [-0.39, 0.29) is 5.56 Å². The molecule has 0 unspecified atom stereocenters. The van der Waals surface area contributed by atoms with Crippen LogP contribution < -0.4 is 5.32 Å². The molecule has 0 aliphatic heterocycles. The quantitative estimate of drug-likeness (QED) is 0.766. The topological polar surface area (TPSA) is 65.5 Å². The highest BCUT2D eigenvalue weighted by atomic mass is 16.4. The summed E-state index contributed by atoms with van der Waals surface area (Å²) in [5.74, 6) is -0.505. The molecule has 112 valence electrons. The van der Waals surface area contributed by atoms with Gasteiger partial charge in [0, 0.05) is 11.9 Å². The molecule has 0 fully saturated rings. The van der Waals surface area contributed by atoms with Crippen LogP contribution in [0.4, 0.5) is 5.82 Å². The van der Waals surface area contributed by atoms with Crippen molar-refractivity contribution in [1.29, 1.82) is 0 Å². The molecule has 0 radical (unpaired) electrons. The van der Waals surface area contributed by atoms with Crippen molar-refractivity contribution in [2.24, 2.45) is 0 Å². The van der Waals surface area contributed by atoms with E-state index in [0.29, 0.717) is 5.82 Å². The normalized spacial score (nSPS) is 11.0. The number of nitrogens with zero attached hydrogens (tertiary/aromatic N) is 2. The first-order chi connectivity index (χ1) is 10.1. The van der Waals surface area contributed by atoms with Crippen LogP contribution in [0.5, 0.6) is 0 Å². The fraction of sp³-hybridized carbons (Fsp3) is 0.375. The van der Waals surface area contributed by atoms with Gasteiger partial charge in [-0.15, -0.1) is 0 Å². The summed E-state index contributed by atoms with van der Waals surface area (Å²) in [4.78, 5) is 17.9. The lowest BCUT2D eigenvalue weighted by Crippen LogP contribution is -2.15. The van der Waals surface area contributed by atoms with E-state index in [9.17, 15) is 9.90 Å². The predicted molar refractivity (Wildman–Crippen MR) is 85.0 cm³/mol. The fourth-order valence-corrected chi connectivity index (χ4v) is 2.17. The van der Waals surface area contributed by atoms with Gasteiger partial charge in [0.15, 0.2) is 0 Å². The smallest absolute Gasteiger partial charge is 0.339 e. The number of carboxylic acid groups (broad SMARTS) is 1. The maximum Gasteiger partial charge on any atom is 0.339 e. The molecule has 1 aromatic heterocycles. The minimum Gasteiger partial charge on any atom is -0.478 e.